The van der Waals surface area contributed by atoms with E-state index in [9.17, 15) is 4.79 Å². The molecule has 2 N–H and O–H groups in total. The average Bonchev–Trinajstić information content (AvgIpc) is 2.98. The maximum atomic E-state index is 10.8. The van der Waals surface area contributed by atoms with Gasteiger partial charge in [-0.05, 0) is 63.7 Å². The van der Waals surface area contributed by atoms with Crippen molar-refractivity contribution in [1.82, 2.24) is 15.6 Å². The van der Waals surface area contributed by atoms with Crippen molar-refractivity contribution in [3.63, 3.8) is 0 Å². The van der Waals surface area contributed by atoms with E-state index in [1.54, 1.807) is 23.7 Å². The third kappa shape index (κ3) is 6.18. The molecule has 0 aromatic carbocycles. The third-order valence-electron chi connectivity index (χ3n) is 3.15. The molecule has 0 fully saturated rings. The van der Waals surface area contributed by atoms with Crippen molar-refractivity contribution < 1.29 is 9.53 Å². The minimum absolute atomic E-state index is 0.0375. The highest BCUT2D eigenvalue weighted by molar-refractivity contribution is 9.10. The van der Waals surface area contributed by atoms with E-state index in [0.29, 0.717) is 11.7 Å². The van der Waals surface area contributed by atoms with Gasteiger partial charge in [-0.15, -0.1) is 11.3 Å². The number of carbonyl (C=O) groups is 1. The molecular formula is C16H18BrN3O2S2. The summed E-state index contributed by atoms with van der Waals surface area (Å²) in [4.78, 5) is 16.0. The summed E-state index contributed by atoms with van der Waals surface area (Å²) < 4.78 is 5.94. The molecule has 24 heavy (non-hydrogen) atoms. The number of aromatic nitrogens is 1. The molecule has 0 aliphatic carbocycles. The second-order valence-corrected chi connectivity index (χ2v) is 7.20. The van der Waals surface area contributed by atoms with Gasteiger partial charge in [0.15, 0.2) is 5.11 Å². The number of nitrogens with zero attached hydrogens (tertiary/aromatic N) is 1. The van der Waals surface area contributed by atoms with Crippen LogP contribution in [-0.4, -0.2) is 29.2 Å². The Morgan fingerprint density at radius 2 is 2.17 bits per heavy atom. The van der Waals surface area contributed by atoms with Crippen LogP contribution in [0.5, 0.6) is 0 Å². The smallest absolute Gasteiger partial charge is 0.302 e. The van der Waals surface area contributed by atoms with Crippen LogP contribution in [0.4, 0.5) is 0 Å². The number of pyridine rings is 1. The van der Waals surface area contributed by atoms with Crippen molar-refractivity contribution in [2.75, 3.05) is 13.2 Å². The van der Waals surface area contributed by atoms with Gasteiger partial charge in [0.25, 0.3) is 0 Å². The zero-order chi connectivity index (χ0) is 17.4. The topological polar surface area (TPSA) is 63.2 Å². The molecule has 0 radical (unpaired) electrons. The summed E-state index contributed by atoms with van der Waals surface area (Å²) in [6, 6.07) is 6.05. The van der Waals surface area contributed by atoms with E-state index in [1.165, 1.54) is 17.4 Å². The summed E-state index contributed by atoms with van der Waals surface area (Å²) in [6.07, 6.45) is 4.35. The minimum atomic E-state index is -0.297. The summed E-state index contributed by atoms with van der Waals surface area (Å²) in [6.45, 7) is 2.14. The van der Waals surface area contributed by atoms with E-state index in [0.717, 1.165) is 10.9 Å². The highest BCUT2D eigenvalue weighted by atomic mass is 79.9. The molecule has 2 heterocycles. The van der Waals surface area contributed by atoms with Gasteiger partial charge < -0.3 is 15.4 Å². The van der Waals surface area contributed by atoms with Crippen LogP contribution in [0, 0.1) is 0 Å². The van der Waals surface area contributed by atoms with Crippen LogP contribution in [0.25, 0.3) is 0 Å². The van der Waals surface area contributed by atoms with Gasteiger partial charge in [-0.2, -0.15) is 0 Å². The maximum absolute atomic E-state index is 10.8. The Morgan fingerprint density at radius 3 is 2.79 bits per heavy atom. The second-order valence-electron chi connectivity index (χ2n) is 4.99. The Morgan fingerprint density at radius 1 is 1.42 bits per heavy atom. The Hall–Kier alpha value is -1.51. The predicted octanol–water partition coefficient (Wildman–Crippen LogP) is 3.22. The molecule has 2 aromatic rings. The highest BCUT2D eigenvalue weighted by Gasteiger charge is 2.17. The lowest BCUT2D eigenvalue weighted by atomic mass is 10.1. The zero-order valence-corrected chi connectivity index (χ0v) is 16.3. The Balaban J connectivity index is 1.97. The molecule has 128 valence electrons. The van der Waals surface area contributed by atoms with Crippen LogP contribution >= 0.6 is 39.5 Å². The quantitative estimate of drug-likeness (QED) is 0.401. The molecule has 5 nitrogen and oxygen atoms in total. The molecule has 2 rings (SSSR count). The molecule has 0 amide bonds. The van der Waals surface area contributed by atoms with Gasteiger partial charge in [0.1, 0.15) is 6.61 Å². The SMILES string of the molecule is CC(=O)OCCNC(=S)NC(Cc1ccncc1)c1sccc1Br. The fraction of sp³-hybridized carbons (Fsp3) is 0.312. The van der Waals surface area contributed by atoms with Crippen molar-refractivity contribution in [2.24, 2.45) is 0 Å². The number of nitrogens with one attached hydrogen (secondary N) is 2. The molecule has 1 atom stereocenters. The normalized spacial score (nSPS) is 11.6. The molecule has 0 aliphatic rings. The number of thiophene rings is 1. The average molecular weight is 428 g/mol. The molecule has 0 bridgehead atoms. The first kappa shape index (κ1) is 18.8. The number of esters is 1. The van der Waals surface area contributed by atoms with E-state index in [-0.39, 0.29) is 18.6 Å². The predicted molar refractivity (Wildman–Crippen MR) is 103 cm³/mol. The van der Waals surface area contributed by atoms with Gasteiger partial charge in [-0.25, -0.2) is 0 Å². The number of hydrogen-bond donors (Lipinski definition) is 2. The molecule has 2 aromatic heterocycles. The second kappa shape index (κ2) is 9.71. The highest BCUT2D eigenvalue weighted by Crippen LogP contribution is 2.31. The van der Waals surface area contributed by atoms with Crippen LogP contribution in [0.2, 0.25) is 0 Å². The van der Waals surface area contributed by atoms with Gasteiger partial charge in [-0.3, -0.25) is 9.78 Å². The van der Waals surface area contributed by atoms with E-state index in [1.807, 2.05) is 23.6 Å². The first-order valence-electron chi connectivity index (χ1n) is 7.35. The van der Waals surface area contributed by atoms with Crippen molar-refractivity contribution in [1.29, 1.82) is 0 Å². The number of thiocarbonyl (C=S) groups is 1. The fourth-order valence-corrected chi connectivity index (χ4v) is 4.03. The molecule has 0 spiro atoms. The van der Waals surface area contributed by atoms with Crippen LogP contribution in [0.3, 0.4) is 0 Å². The minimum Gasteiger partial charge on any atom is -0.464 e. The van der Waals surface area contributed by atoms with E-state index < -0.39 is 0 Å². The standard InChI is InChI=1S/C16H18BrN3O2S2/c1-11(21)22-8-7-19-16(23)20-14(15-13(17)4-9-24-15)10-12-2-5-18-6-3-12/h2-6,9,14H,7-8,10H2,1H3,(H2,19,20,23). The van der Waals surface area contributed by atoms with Crippen molar-refractivity contribution in [3.05, 3.63) is 50.9 Å². The number of halogens is 1. The molecule has 0 saturated heterocycles. The van der Waals surface area contributed by atoms with Crippen LogP contribution in [0.15, 0.2) is 40.4 Å². The molecule has 0 saturated carbocycles. The van der Waals surface area contributed by atoms with Crippen molar-refractivity contribution in [3.8, 4) is 0 Å². The van der Waals surface area contributed by atoms with E-state index in [2.05, 4.69) is 31.5 Å². The summed E-state index contributed by atoms with van der Waals surface area (Å²) >= 11 is 10.6. The first-order valence-corrected chi connectivity index (χ1v) is 9.44. The lowest BCUT2D eigenvalue weighted by Crippen LogP contribution is -2.39. The Kier molecular flexibility index (Phi) is 7.61. The largest absolute Gasteiger partial charge is 0.464 e. The van der Waals surface area contributed by atoms with Crippen molar-refractivity contribution >= 4 is 50.6 Å². The van der Waals surface area contributed by atoms with Crippen molar-refractivity contribution in [2.45, 2.75) is 19.4 Å². The fourth-order valence-electron chi connectivity index (χ4n) is 2.09. The van der Waals surface area contributed by atoms with Gasteiger partial charge >= 0.3 is 5.97 Å². The van der Waals surface area contributed by atoms with E-state index >= 15 is 0 Å². The lowest BCUT2D eigenvalue weighted by Gasteiger charge is -2.21. The summed E-state index contributed by atoms with van der Waals surface area (Å²) in [5, 5.41) is 8.96. The molecule has 1 unspecified atom stereocenters. The summed E-state index contributed by atoms with van der Waals surface area (Å²) in [5.41, 5.74) is 1.17. The molecule has 8 heteroatoms. The van der Waals surface area contributed by atoms with Gasteiger partial charge in [-0.1, -0.05) is 0 Å². The van der Waals surface area contributed by atoms with Crippen LogP contribution < -0.4 is 10.6 Å². The first-order chi connectivity index (χ1) is 11.6. The Labute approximate surface area is 159 Å². The molecular weight excluding hydrogens is 410 g/mol. The lowest BCUT2D eigenvalue weighted by molar-refractivity contribution is -0.140. The number of rotatable bonds is 7. The van der Waals surface area contributed by atoms with Gasteiger partial charge in [0.05, 0.1) is 12.6 Å². The monoisotopic (exact) mass is 427 g/mol. The maximum Gasteiger partial charge on any atom is 0.302 e. The third-order valence-corrected chi connectivity index (χ3v) is 5.40. The molecule has 0 aliphatic heterocycles. The Bertz CT molecular complexity index is 679. The van der Waals surface area contributed by atoms with Gasteiger partial charge in [0, 0.05) is 28.7 Å². The van der Waals surface area contributed by atoms with Crippen LogP contribution in [-0.2, 0) is 16.0 Å². The summed E-state index contributed by atoms with van der Waals surface area (Å²) in [5.74, 6) is -0.297. The van der Waals surface area contributed by atoms with Gasteiger partial charge in [0.2, 0.25) is 0 Å². The number of ether oxygens (including phenoxy) is 1. The summed E-state index contributed by atoms with van der Waals surface area (Å²) in [7, 11) is 0. The van der Waals surface area contributed by atoms with Crippen LogP contribution in [0.1, 0.15) is 23.4 Å². The number of carbonyl (C=O) groups excluding carboxylic acids is 1. The van der Waals surface area contributed by atoms with E-state index in [4.69, 9.17) is 17.0 Å². The zero-order valence-electron chi connectivity index (χ0n) is 13.1. The number of hydrogen-bond acceptors (Lipinski definition) is 5.